The van der Waals surface area contributed by atoms with Crippen molar-refractivity contribution < 1.29 is 4.79 Å². The second-order valence-corrected chi connectivity index (χ2v) is 7.16. The third kappa shape index (κ3) is 3.61. The van der Waals surface area contributed by atoms with Crippen LogP contribution in [-0.4, -0.2) is 11.0 Å². The second kappa shape index (κ2) is 7.09. The molecule has 0 unspecified atom stereocenters. The van der Waals surface area contributed by atoms with Crippen molar-refractivity contribution in [2.75, 3.05) is 16.4 Å². The van der Waals surface area contributed by atoms with E-state index in [4.69, 9.17) is 5.73 Å². The first-order valence-electron chi connectivity index (χ1n) is 8.47. The zero-order valence-corrected chi connectivity index (χ0v) is 15.5. The van der Waals surface area contributed by atoms with Gasteiger partial charge in [0.2, 0.25) is 0 Å². The number of anilines is 3. The lowest BCUT2D eigenvalue weighted by atomic mass is 10.0. The van der Waals surface area contributed by atoms with E-state index >= 15 is 0 Å². The highest BCUT2D eigenvalue weighted by atomic mass is 32.1. The van der Waals surface area contributed by atoms with E-state index in [1.54, 1.807) is 17.5 Å². The minimum atomic E-state index is -0.283. The fraction of sp³-hybridized carbons (Fsp3) is 0.0476. The Bertz CT molecular complexity index is 1140. The Labute approximate surface area is 160 Å². The number of hydrogen-bond acceptors (Lipinski definition) is 4. The largest absolute Gasteiger partial charge is 0.383 e. The second-order valence-electron chi connectivity index (χ2n) is 6.25. The molecule has 2 aromatic heterocycles. The van der Waals surface area contributed by atoms with E-state index in [9.17, 15) is 4.79 Å². The van der Waals surface area contributed by atoms with Crippen molar-refractivity contribution in [3.05, 3.63) is 71.7 Å². The maximum Gasteiger partial charge on any atom is 0.323 e. The highest BCUT2D eigenvalue weighted by molar-refractivity contribution is 7.17. The quantitative estimate of drug-likeness (QED) is 0.443. The summed E-state index contributed by atoms with van der Waals surface area (Å²) in [5.74, 6) is 0.513. The summed E-state index contributed by atoms with van der Waals surface area (Å²) < 4.78 is 1.09. The standard InChI is InChI=1S/C21H18N4OS/c1-13-4-2-6-15(10-13)24-21(26)25-16-7-3-5-14(11-16)17-12-27-18-8-9-23-20(22)19(17)18/h2-12H,1H3,(H2,22,23)(H2,24,25,26). The van der Waals surface area contributed by atoms with E-state index < -0.39 is 0 Å². The molecule has 0 bridgehead atoms. The van der Waals surface area contributed by atoms with Gasteiger partial charge in [0.15, 0.2) is 0 Å². The van der Waals surface area contributed by atoms with E-state index in [-0.39, 0.29) is 6.03 Å². The van der Waals surface area contributed by atoms with Gasteiger partial charge < -0.3 is 16.4 Å². The molecule has 5 nitrogen and oxygen atoms in total. The van der Waals surface area contributed by atoms with E-state index in [1.165, 1.54) is 0 Å². The van der Waals surface area contributed by atoms with Crippen molar-refractivity contribution in [2.45, 2.75) is 6.92 Å². The van der Waals surface area contributed by atoms with Gasteiger partial charge in [-0.05, 0) is 53.8 Å². The molecule has 0 saturated carbocycles. The molecule has 4 rings (SSSR count). The van der Waals surface area contributed by atoms with Crippen LogP contribution in [0.5, 0.6) is 0 Å². The van der Waals surface area contributed by atoms with E-state index in [1.807, 2.05) is 61.5 Å². The number of carbonyl (C=O) groups excluding carboxylic acids is 1. The lowest BCUT2D eigenvalue weighted by Crippen LogP contribution is -2.19. The molecule has 27 heavy (non-hydrogen) atoms. The highest BCUT2D eigenvalue weighted by Crippen LogP contribution is 2.37. The molecule has 0 radical (unpaired) electrons. The number of nitrogens with zero attached hydrogens (tertiary/aromatic N) is 1. The van der Waals surface area contributed by atoms with Crippen molar-refractivity contribution in [3.63, 3.8) is 0 Å². The van der Waals surface area contributed by atoms with E-state index in [0.29, 0.717) is 11.5 Å². The number of nitrogen functional groups attached to an aromatic ring is 1. The van der Waals surface area contributed by atoms with Gasteiger partial charge in [-0.25, -0.2) is 9.78 Å². The minimum Gasteiger partial charge on any atom is -0.383 e. The summed E-state index contributed by atoms with van der Waals surface area (Å²) in [7, 11) is 0. The Hall–Kier alpha value is -3.38. The lowest BCUT2D eigenvalue weighted by molar-refractivity contribution is 0.262. The maximum absolute atomic E-state index is 12.3. The molecule has 0 spiro atoms. The average Bonchev–Trinajstić information content (AvgIpc) is 3.07. The van der Waals surface area contributed by atoms with E-state index in [2.05, 4.69) is 21.0 Å². The molecule has 2 amide bonds. The van der Waals surface area contributed by atoms with Gasteiger partial charge >= 0.3 is 6.03 Å². The molecule has 4 N–H and O–H groups in total. The smallest absolute Gasteiger partial charge is 0.323 e. The Morgan fingerprint density at radius 2 is 1.78 bits per heavy atom. The summed E-state index contributed by atoms with van der Waals surface area (Å²) in [6.45, 7) is 1.98. The molecule has 2 heterocycles. The molecule has 4 aromatic rings. The van der Waals surface area contributed by atoms with Gasteiger partial charge in [-0.2, -0.15) is 0 Å². The molecule has 6 heteroatoms. The fourth-order valence-electron chi connectivity index (χ4n) is 3.00. The number of amides is 2. The van der Waals surface area contributed by atoms with Gasteiger partial charge in [-0.15, -0.1) is 11.3 Å². The number of pyridine rings is 1. The molecular weight excluding hydrogens is 356 g/mol. The number of rotatable bonds is 3. The van der Waals surface area contributed by atoms with Crippen molar-refractivity contribution in [1.82, 2.24) is 4.98 Å². The molecular formula is C21H18N4OS. The Morgan fingerprint density at radius 1 is 1.04 bits per heavy atom. The molecule has 134 valence electrons. The van der Waals surface area contributed by atoms with Crippen molar-refractivity contribution in [3.8, 4) is 11.1 Å². The van der Waals surface area contributed by atoms with Crippen LogP contribution in [0, 0.1) is 6.92 Å². The first kappa shape index (κ1) is 17.1. The van der Waals surface area contributed by atoms with Crippen LogP contribution in [-0.2, 0) is 0 Å². The molecule has 0 saturated heterocycles. The third-order valence-electron chi connectivity index (χ3n) is 4.22. The minimum absolute atomic E-state index is 0.283. The number of hydrogen-bond donors (Lipinski definition) is 3. The average molecular weight is 374 g/mol. The zero-order valence-electron chi connectivity index (χ0n) is 14.7. The molecule has 0 fully saturated rings. The number of thiophene rings is 1. The zero-order chi connectivity index (χ0) is 18.8. The third-order valence-corrected chi connectivity index (χ3v) is 5.17. The number of nitrogens with one attached hydrogen (secondary N) is 2. The van der Waals surface area contributed by atoms with Crippen LogP contribution < -0.4 is 16.4 Å². The van der Waals surface area contributed by atoms with Crippen molar-refractivity contribution in [2.24, 2.45) is 0 Å². The van der Waals surface area contributed by atoms with Gasteiger partial charge in [0.25, 0.3) is 0 Å². The van der Waals surface area contributed by atoms with Crippen LogP contribution in [0.15, 0.2) is 66.2 Å². The lowest BCUT2D eigenvalue weighted by Gasteiger charge is -2.10. The molecule has 0 aliphatic rings. The van der Waals surface area contributed by atoms with Gasteiger partial charge in [0, 0.05) is 33.2 Å². The van der Waals surface area contributed by atoms with Crippen LogP contribution >= 0.6 is 11.3 Å². The Kier molecular flexibility index (Phi) is 4.48. The Morgan fingerprint density at radius 3 is 2.56 bits per heavy atom. The number of urea groups is 1. The first-order chi connectivity index (χ1) is 13.1. The summed E-state index contributed by atoms with van der Waals surface area (Å²) >= 11 is 1.63. The normalized spacial score (nSPS) is 10.7. The van der Waals surface area contributed by atoms with Crippen LogP contribution in [0.2, 0.25) is 0 Å². The van der Waals surface area contributed by atoms with Gasteiger partial charge in [0.05, 0.1) is 0 Å². The number of carbonyl (C=O) groups is 1. The molecule has 0 atom stereocenters. The Balaban J connectivity index is 1.58. The monoisotopic (exact) mass is 374 g/mol. The van der Waals surface area contributed by atoms with Crippen LogP contribution in [0.25, 0.3) is 21.2 Å². The van der Waals surface area contributed by atoms with Gasteiger partial charge in [0.1, 0.15) is 5.82 Å². The topological polar surface area (TPSA) is 80.0 Å². The summed E-state index contributed by atoms with van der Waals surface area (Å²) in [5.41, 5.74) is 10.6. The maximum atomic E-state index is 12.3. The highest BCUT2D eigenvalue weighted by Gasteiger charge is 2.11. The van der Waals surface area contributed by atoms with Crippen LogP contribution in [0.4, 0.5) is 22.0 Å². The number of aryl methyl sites for hydroxylation is 1. The van der Waals surface area contributed by atoms with E-state index in [0.717, 1.165) is 32.5 Å². The summed E-state index contributed by atoms with van der Waals surface area (Å²) in [6.07, 6.45) is 1.71. The number of benzene rings is 2. The summed E-state index contributed by atoms with van der Waals surface area (Å²) in [5, 5.41) is 8.74. The molecule has 2 aromatic carbocycles. The summed E-state index contributed by atoms with van der Waals surface area (Å²) in [4.78, 5) is 16.5. The fourth-order valence-corrected chi connectivity index (χ4v) is 3.97. The summed E-state index contributed by atoms with van der Waals surface area (Å²) in [6, 6.07) is 17.0. The number of aromatic nitrogens is 1. The number of nitrogens with two attached hydrogens (primary N) is 1. The first-order valence-corrected chi connectivity index (χ1v) is 9.35. The molecule has 0 aliphatic carbocycles. The number of fused-ring (bicyclic) bond motifs is 1. The van der Waals surface area contributed by atoms with Gasteiger partial charge in [-0.1, -0.05) is 24.3 Å². The van der Waals surface area contributed by atoms with Crippen molar-refractivity contribution in [1.29, 1.82) is 0 Å². The molecule has 0 aliphatic heterocycles. The van der Waals surface area contributed by atoms with Crippen LogP contribution in [0.3, 0.4) is 0 Å². The van der Waals surface area contributed by atoms with Gasteiger partial charge in [-0.3, -0.25) is 0 Å². The predicted molar refractivity (Wildman–Crippen MR) is 113 cm³/mol. The SMILES string of the molecule is Cc1cccc(NC(=O)Nc2cccc(-c3csc4ccnc(N)c34)c2)c1. The van der Waals surface area contributed by atoms with Crippen LogP contribution in [0.1, 0.15) is 5.56 Å². The van der Waals surface area contributed by atoms with Crippen molar-refractivity contribution >= 4 is 44.6 Å². The predicted octanol–water partition coefficient (Wildman–Crippen LogP) is 5.50.